The van der Waals surface area contributed by atoms with Crippen molar-refractivity contribution in [3.05, 3.63) is 59.4 Å². The van der Waals surface area contributed by atoms with E-state index in [1.807, 2.05) is 24.3 Å². The van der Waals surface area contributed by atoms with Crippen LogP contribution in [0.1, 0.15) is 21.6 Å². The normalized spacial score (nSPS) is 18.0. The molecule has 24 heavy (non-hydrogen) atoms. The first kappa shape index (κ1) is 16.2. The third kappa shape index (κ3) is 4.22. The summed E-state index contributed by atoms with van der Waals surface area (Å²) in [6.45, 7) is 3.27. The number of hydrogen-bond donors (Lipinski definition) is 1. The van der Waals surface area contributed by atoms with Crippen LogP contribution in [0.5, 0.6) is 0 Å². The van der Waals surface area contributed by atoms with Gasteiger partial charge >= 0.3 is 5.97 Å². The van der Waals surface area contributed by atoms with Crippen LogP contribution in [-0.2, 0) is 16.0 Å². The molecule has 124 valence electrons. The molecule has 0 unspecified atom stereocenters. The predicted octanol–water partition coefficient (Wildman–Crippen LogP) is 1.94. The standard InChI is InChI=1S/C18H19N3O3/c19-9-16-8-15(10-20-16)18(22)24-13-17-12-21(6-7-23-17)11-14-4-2-1-3-5-14/h1-5,8,10,17,20H,6-7,11-13H2/t17-/m0/s1. The summed E-state index contributed by atoms with van der Waals surface area (Å²) in [5.41, 5.74) is 1.94. The number of carbonyl (C=O) groups is 1. The summed E-state index contributed by atoms with van der Waals surface area (Å²) in [5.74, 6) is -0.448. The van der Waals surface area contributed by atoms with E-state index in [-0.39, 0.29) is 12.7 Å². The molecule has 2 aromatic rings. The fourth-order valence-electron chi connectivity index (χ4n) is 2.70. The summed E-state index contributed by atoms with van der Waals surface area (Å²) < 4.78 is 11.0. The van der Waals surface area contributed by atoms with Crippen LogP contribution in [0.3, 0.4) is 0 Å². The van der Waals surface area contributed by atoms with Gasteiger partial charge in [-0.05, 0) is 11.6 Å². The molecule has 0 saturated carbocycles. The number of aromatic nitrogens is 1. The first-order chi connectivity index (χ1) is 11.7. The highest BCUT2D eigenvalue weighted by atomic mass is 16.6. The summed E-state index contributed by atoms with van der Waals surface area (Å²) in [6, 6.07) is 13.7. The highest BCUT2D eigenvalue weighted by molar-refractivity contribution is 5.89. The molecule has 1 aromatic heterocycles. The van der Waals surface area contributed by atoms with Gasteiger partial charge in [0.25, 0.3) is 0 Å². The third-order valence-corrected chi connectivity index (χ3v) is 3.91. The zero-order valence-corrected chi connectivity index (χ0v) is 13.3. The maximum atomic E-state index is 12.0. The van der Waals surface area contributed by atoms with E-state index in [1.54, 1.807) is 0 Å². The number of ether oxygens (including phenoxy) is 2. The molecule has 0 bridgehead atoms. The number of benzene rings is 1. The Morgan fingerprint density at radius 3 is 3.00 bits per heavy atom. The lowest BCUT2D eigenvalue weighted by Gasteiger charge is -2.32. The number of hydrogen-bond acceptors (Lipinski definition) is 5. The topological polar surface area (TPSA) is 78.3 Å². The number of aromatic amines is 1. The van der Waals surface area contributed by atoms with Crippen molar-refractivity contribution in [1.82, 2.24) is 9.88 Å². The van der Waals surface area contributed by atoms with Gasteiger partial charge < -0.3 is 14.5 Å². The molecule has 0 spiro atoms. The Bertz CT molecular complexity index is 721. The van der Waals surface area contributed by atoms with E-state index in [4.69, 9.17) is 14.7 Å². The number of nitrogens with zero attached hydrogens (tertiary/aromatic N) is 2. The van der Waals surface area contributed by atoms with Gasteiger partial charge in [0.2, 0.25) is 0 Å². The molecule has 6 nitrogen and oxygen atoms in total. The van der Waals surface area contributed by atoms with Gasteiger partial charge in [0.1, 0.15) is 24.5 Å². The molecule has 0 aliphatic carbocycles. The summed E-state index contributed by atoms with van der Waals surface area (Å²) in [6.07, 6.45) is 1.34. The average Bonchev–Trinajstić information content (AvgIpc) is 3.10. The molecule has 1 aromatic carbocycles. The van der Waals surface area contributed by atoms with Crippen molar-refractivity contribution >= 4 is 5.97 Å². The smallest absolute Gasteiger partial charge is 0.339 e. The molecule has 1 saturated heterocycles. The molecule has 1 N–H and O–H groups in total. The van der Waals surface area contributed by atoms with Crippen LogP contribution in [0, 0.1) is 11.3 Å². The van der Waals surface area contributed by atoms with Crippen LogP contribution in [0.15, 0.2) is 42.6 Å². The van der Waals surface area contributed by atoms with Crippen LogP contribution in [0.2, 0.25) is 0 Å². The van der Waals surface area contributed by atoms with E-state index in [0.717, 1.165) is 19.6 Å². The highest BCUT2D eigenvalue weighted by Crippen LogP contribution is 2.12. The van der Waals surface area contributed by atoms with Gasteiger partial charge in [0.05, 0.1) is 12.2 Å². The van der Waals surface area contributed by atoms with Gasteiger partial charge in [0.15, 0.2) is 0 Å². The molecule has 3 rings (SSSR count). The van der Waals surface area contributed by atoms with Crippen LogP contribution in [-0.4, -0.2) is 48.3 Å². The lowest BCUT2D eigenvalue weighted by Crippen LogP contribution is -2.44. The predicted molar refractivity (Wildman–Crippen MR) is 87.2 cm³/mol. The van der Waals surface area contributed by atoms with Gasteiger partial charge in [-0.2, -0.15) is 5.26 Å². The third-order valence-electron chi connectivity index (χ3n) is 3.91. The van der Waals surface area contributed by atoms with E-state index in [9.17, 15) is 4.79 Å². The van der Waals surface area contributed by atoms with Crippen LogP contribution in [0.4, 0.5) is 0 Å². The molecule has 1 aliphatic rings. The SMILES string of the molecule is N#Cc1cc(C(=O)OC[C@@H]2CN(Cc3ccccc3)CCO2)c[nH]1. The van der Waals surface area contributed by atoms with Crippen molar-refractivity contribution in [2.45, 2.75) is 12.6 Å². The fraction of sp³-hybridized carbons (Fsp3) is 0.333. The summed E-state index contributed by atoms with van der Waals surface area (Å²) in [5, 5.41) is 8.76. The number of nitriles is 1. The number of carbonyl (C=O) groups excluding carboxylic acids is 1. The largest absolute Gasteiger partial charge is 0.459 e. The highest BCUT2D eigenvalue weighted by Gasteiger charge is 2.22. The Morgan fingerprint density at radius 2 is 2.25 bits per heavy atom. The average molecular weight is 325 g/mol. The van der Waals surface area contributed by atoms with Gasteiger partial charge in [-0.15, -0.1) is 0 Å². The molecule has 2 heterocycles. The molecular formula is C18H19N3O3. The Morgan fingerprint density at radius 1 is 1.42 bits per heavy atom. The zero-order chi connectivity index (χ0) is 16.8. The van der Waals surface area contributed by atoms with E-state index in [0.29, 0.717) is 17.9 Å². The number of H-pyrrole nitrogens is 1. The van der Waals surface area contributed by atoms with Crippen molar-refractivity contribution in [3.63, 3.8) is 0 Å². The van der Waals surface area contributed by atoms with Crippen molar-refractivity contribution < 1.29 is 14.3 Å². The maximum absolute atomic E-state index is 12.0. The minimum atomic E-state index is -0.448. The number of esters is 1. The van der Waals surface area contributed by atoms with Crippen molar-refractivity contribution in [2.24, 2.45) is 0 Å². The first-order valence-electron chi connectivity index (χ1n) is 7.88. The summed E-state index contributed by atoms with van der Waals surface area (Å²) >= 11 is 0. The molecule has 6 heteroatoms. The molecule has 1 fully saturated rings. The van der Waals surface area contributed by atoms with Gasteiger partial charge in [0, 0.05) is 25.8 Å². The van der Waals surface area contributed by atoms with Gasteiger partial charge in [-0.1, -0.05) is 30.3 Å². The Labute approximate surface area is 140 Å². The fourth-order valence-corrected chi connectivity index (χ4v) is 2.70. The second-order valence-corrected chi connectivity index (χ2v) is 5.73. The Hall–Kier alpha value is -2.62. The quantitative estimate of drug-likeness (QED) is 0.850. The zero-order valence-electron chi connectivity index (χ0n) is 13.3. The molecule has 1 atom stereocenters. The van der Waals surface area contributed by atoms with Gasteiger partial charge in [-0.3, -0.25) is 4.90 Å². The minimum absolute atomic E-state index is 0.138. The van der Waals surface area contributed by atoms with Crippen molar-refractivity contribution in [3.8, 4) is 6.07 Å². The minimum Gasteiger partial charge on any atom is -0.459 e. The summed E-state index contributed by atoms with van der Waals surface area (Å²) in [4.78, 5) is 17.0. The second-order valence-electron chi connectivity index (χ2n) is 5.73. The van der Waals surface area contributed by atoms with Crippen molar-refractivity contribution in [2.75, 3.05) is 26.3 Å². The molecule has 0 amide bonds. The lowest BCUT2D eigenvalue weighted by molar-refractivity contribution is -0.0612. The van der Waals surface area contributed by atoms with E-state index >= 15 is 0 Å². The van der Waals surface area contributed by atoms with E-state index in [2.05, 4.69) is 22.0 Å². The summed E-state index contributed by atoms with van der Waals surface area (Å²) in [7, 11) is 0. The molecule has 1 aliphatic heterocycles. The number of nitrogens with one attached hydrogen (secondary N) is 1. The van der Waals surface area contributed by atoms with E-state index < -0.39 is 5.97 Å². The molecular weight excluding hydrogens is 306 g/mol. The van der Waals surface area contributed by atoms with Crippen LogP contribution >= 0.6 is 0 Å². The second kappa shape index (κ2) is 7.77. The maximum Gasteiger partial charge on any atom is 0.339 e. The monoisotopic (exact) mass is 325 g/mol. The Balaban J connectivity index is 1.48. The van der Waals surface area contributed by atoms with Crippen LogP contribution < -0.4 is 0 Å². The first-order valence-corrected chi connectivity index (χ1v) is 7.88. The number of rotatable bonds is 5. The van der Waals surface area contributed by atoms with E-state index in [1.165, 1.54) is 17.8 Å². The van der Waals surface area contributed by atoms with Gasteiger partial charge in [-0.25, -0.2) is 4.79 Å². The Kier molecular flexibility index (Phi) is 5.26. The lowest BCUT2D eigenvalue weighted by atomic mass is 10.2. The van der Waals surface area contributed by atoms with Crippen molar-refractivity contribution in [1.29, 1.82) is 5.26 Å². The molecule has 0 radical (unpaired) electrons. The number of morpholine rings is 1. The van der Waals surface area contributed by atoms with Crippen LogP contribution in [0.25, 0.3) is 0 Å².